The number of rotatable bonds is 4. The maximum absolute atomic E-state index is 12.3. The average molecular weight is 284 g/mol. The molecule has 4 heteroatoms. The van der Waals surface area contributed by atoms with Crippen LogP contribution in [0.4, 0.5) is 5.69 Å². The predicted molar refractivity (Wildman–Crippen MR) is 84.7 cm³/mol. The molecule has 0 radical (unpaired) electrons. The Hall–Kier alpha value is -2.49. The molecule has 0 atom stereocenters. The fourth-order valence-electron chi connectivity index (χ4n) is 2.11. The monoisotopic (exact) mass is 284 g/mol. The molecule has 1 amide bonds. The minimum atomic E-state index is -0.190. The smallest absolute Gasteiger partial charge is 0.257 e. The number of carbonyl (C=O) groups is 1. The van der Waals surface area contributed by atoms with Crippen LogP contribution in [-0.2, 0) is 6.54 Å². The van der Waals surface area contributed by atoms with E-state index < -0.39 is 0 Å². The van der Waals surface area contributed by atoms with Crippen molar-refractivity contribution in [1.82, 2.24) is 4.90 Å². The van der Waals surface area contributed by atoms with Crippen molar-refractivity contribution >= 4 is 11.6 Å². The second kappa shape index (κ2) is 6.31. The third kappa shape index (κ3) is 3.54. The summed E-state index contributed by atoms with van der Waals surface area (Å²) in [6.07, 6.45) is 0. The Morgan fingerprint density at radius 1 is 1.00 bits per heavy atom. The third-order valence-electron chi connectivity index (χ3n) is 3.35. The zero-order chi connectivity index (χ0) is 15.4. The molecule has 1 N–H and O–H groups in total. The van der Waals surface area contributed by atoms with E-state index in [0.29, 0.717) is 12.1 Å². The first-order valence-electron chi connectivity index (χ1n) is 6.79. The third-order valence-corrected chi connectivity index (χ3v) is 3.35. The number of aromatic hydroxyl groups is 1. The van der Waals surface area contributed by atoms with Crippen molar-refractivity contribution in [3.63, 3.8) is 0 Å². The van der Waals surface area contributed by atoms with Crippen LogP contribution in [0.2, 0.25) is 0 Å². The van der Waals surface area contributed by atoms with Gasteiger partial charge in [-0.15, -0.1) is 0 Å². The summed E-state index contributed by atoms with van der Waals surface area (Å²) in [5.74, 6) is -0.179. The summed E-state index contributed by atoms with van der Waals surface area (Å²) in [5.41, 5.74) is 2.49. The molecule has 0 saturated carbocycles. The predicted octanol–water partition coefficient (Wildman–Crippen LogP) is 2.73. The van der Waals surface area contributed by atoms with Gasteiger partial charge in [0.15, 0.2) is 0 Å². The Balaban J connectivity index is 2.09. The lowest BCUT2D eigenvalue weighted by atomic mass is 10.1. The molecule has 0 aliphatic carbocycles. The van der Waals surface area contributed by atoms with Crippen molar-refractivity contribution in [3.8, 4) is 5.75 Å². The molecule has 110 valence electrons. The molecule has 0 aliphatic rings. The molecule has 0 spiro atoms. The second-order valence-corrected chi connectivity index (χ2v) is 5.24. The van der Waals surface area contributed by atoms with Crippen LogP contribution in [0, 0.1) is 0 Å². The maximum atomic E-state index is 12.3. The normalized spacial score (nSPS) is 10.2. The van der Waals surface area contributed by atoms with Crippen LogP contribution in [0.5, 0.6) is 5.75 Å². The van der Waals surface area contributed by atoms with Gasteiger partial charge in [0, 0.05) is 33.4 Å². The zero-order valence-electron chi connectivity index (χ0n) is 12.6. The summed E-state index contributed by atoms with van der Waals surface area (Å²) in [4.78, 5) is 15.9. The number of hydrogen-bond donors (Lipinski definition) is 1. The quantitative estimate of drug-likeness (QED) is 0.939. The number of hydrogen-bond acceptors (Lipinski definition) is 3. The van der Waals surface area contributed by atoms with E-state index in [0.717, 1.165) is 11.3 Å². The molecule has 0 aliphatic heterocycles. The van der Waals surface area contributed by atoms with Gasteiger partial charge in [0.2, 0.25) is 0 Å². The zero-order valence-corrected chi connectivity index (χ0v) is 12.6. The van der Waals surface area contributed by atoms with Crippen molar-refractivity contribution in [1.29, 1.82) is 0 Å². The second-order valence-electron chi connectivity index (χ2n) is 5.24. The molecule has 0 bridgehead atoms. The summed E-state index contributed by atoms with van der Waals surface area (Å²) in [6.45, 7) is 0.501. The van der Waals surface area contributed by atoms with Crippen molar-refractivity contribution in [2.75, 3.05) is 26.0 Å². The van der Waals surface area contributed by atoms with Gasteiger partial charge in [-0.3, -0.25) is 4.79 Å². The standard InChI is InChI=1S/C17H20N2O2/c1-18(2)14-10-8-13(9-11-14)12-19(3)17(21)15-6-4-5-7-16(15)20/h4-11,20H,12H2,1-3H3. The van der Waals surface area contributed by atoms with Crippen LogP contribution in [-0.4, -0.2) is 37.1 Å². The number of amides is 1. The number of phenolic OH excluding ortho intramolecular Hbond substituents is 1. The van der Waals surface area contributed by atoms with E-state index in [1.165, 1.54) is 6.07 Å². The van der Waals surface area contributed by atoms with Crippen LogP contribution in [0.3, 0.4) is 0 Å². The molecule has 2 aromatic rings. The van der Waals surface area contributed by atoms with Crippen LogP contribution in [0.25, 0.3) is 0 Å². The van der Waals surface area contributed by atoms with Gasteiger partial charge in [0.05, 0.1) is 5.56 Å². The Kier molecular flexibility index (Phi) is 4.48. The van der Waals surface area contributed by atoms with Gasteiger partial charge in [-0.05, 0) is 29.8 Å². The highest BCUT2D eigenvalue weighted by molar-refractivity contribution is 5.96. The lowest BCUT2D eigenvalue weighted by molar-refractivity contribution is 0.0782. The number of nitrogens with zero attached hydrogens (tertiary/aromatic N) is 2. The fraction of sp³-hybridized carbons (Fsp3) is 0.235. The molecule has 0 heterocycles. The Labute approximate surface area is 125 Å². The van der Waals surface area contributed by atoms with Gasteiger partial charge in [0.25, 0.3) is 5.91 Å². The SMILES string of the molecule is CN(Cc1ccc(N(C)C)cc1)C(=O)c1ccccc1O. The lowest BCUT2D eigenvalue weighted by Crippen LogP contribution is -2.26. The van der Waals surface area contributed by atoms with E-state index in [1.807, 2.05) is 43.3 Å². The summed E-state index contributed by atoms with van der Waals surface area (Å²) in [7, 11) is 5.71. The van der Waals surface area contributed by atoms with E-state index in [2.05, 4.69) is 0 Å². The van der Waals surface area contributed by atoms with Crippen LogP contribution in [0.1, 0.15) is 15.9 Å². The summed E-state index contributed by atoms with van der Waals surface area (Å²) in [6, 6.07) is 14.6. The van der Waals surface area contributed by atoms with Crippen LogP contribution in [0.15, 0.2) is 48.5 Å². The van der Waals surface area contributed by atoms with Gasteiger partial charge in [-0.1, -0.05) is 24.3 Å². The van der Waals surface area contributed by atoms with Gasteiger partial charge in [-0.2, -0.15) is 0 Å². The molecule has 0 saturated heterocycles. The van der Waals surface area contributed by atoms with E-state index in [9.17, 15) is 9.90 Å². The number of benzene rings is 2. The number of para-hydroxylation sites is 1. The highest BCUT2D eigenvalue weighted by Crippen LogP contribution is 2.19. The first-order chi connectivity index (χ1) is 9.99. The number of anilines is 1. The Morgan fingerprint density at radius 2 is 1.62 bits per heavy atom. The first-order valence-corrected chi connectivity index (χ1v) is 6.79. The fourth-order valence-corrected chi connectivity index (χ4v) is 2.11. The highest BCUT2D eigenvalue weighted by Gasteiger charge is 2.15. The molecule has 0 fully saturated rings. The average Bonchev–Trinajstić information content (AvgIpc) is 2.47. The molecular formula is C17H20N2O2. The molecule has 0 unspecified atom stereocenters. The van der Waals surface area contributed by atoms with Crippen LogP contribution < -0.4 is 4.90 Å². The molecule has 4 nitrogen and oxygen atoms in total. The van der Waals surface area contributed by atoms with Gasteiger partial charge in [0.1, 0.15) is 5.75 Å². The molecular weight excluding hydrogens is 264 g/mol. The Bertz CT molecular complexity index is 621. The van der Waals surface area contributed by atoms with E-state index >= 15 is 0 Å². The van der Waals surface area contributed by atoms with Crippen molar-refractivity contribution in [2.45, 2.75) is 6.54 Å². The van der Waals surface area contributed by atoms with Gasteiger partial charge in [-0.25, -0.2) is 0 Å². The summed E-state index contributed by atoms with van der Waals surface area (Å²) in [5, 5.41) is 9.74. The largest absolute Gasteiger partial charge is 0.507 e. The van der Waals surface area contributed by atoms with Crippen molar-refractivity contribution < 1.29 is 9.90 Å². The van der Waals surface area contributed by atoms with E-state index in [1.54, 1.807) is 30.1 Å². The number of phenols is 1. The minimum absolute atomic E-state index is 0.0114. The minimum Gasteiger partial charge on any atom is -0.507 e. The molecule has 2 rings (SSSR count). The maximum Gasteiger partial charge on any atom is 0.257 e. The summed E-state index contributed by atoms with van der Waals surface area (Å²) < 4.78 is 0. The topological polar surface area (TPSA) is 43.8 Å². The molecule has 21 heavy (non-hydrogen) atoms. The van der Waals surface area contributed by atoms with Crippen molar-refractivity contribution in [3.05, 3.63) is 59.7 Å². The van der Waals surface area contributed by atoms with Gasteiger partial charge < -0.3 is 14.9 Å². The highest BCUT2D eigenvalue weighted by atomic mass is 16.3. The van der Waals surface area contributed by atoms with Crippen LogP contribution >= 0.6 is 0 Å². The summed E-state index contributed by atoms with van der Waals surface area (Å²) >= 11 is 0. The van der Waals surface area contributed by atoms with Gasteiger partial charge >= 0.3 is 0 Å². The van der Waals surface area contributed by atoms with Crippen molar-refractivity contribution in [2.24, 2.45) is 0 Å². The van der Waals surface area contributed by atoms with E-state index in [-0.39, 0.29) is 11.7 Å². The Morgan fingerprint density at radius 3 is 2.19 bits per heavy atom. The lowest BCUT2D eigenvalue weighted by Gasteiger charge is -2.19. The number of carbonyl (C=O) groups excluding carboxylic acids is 1. The first kappa shape index (κ1) is 14.9. The molecule has 2 aromatic carbocycles. The molecule has 0 aromatic heterocycles. The van der Waals surface area contributed by atoms with E-state index in [4.69, 9.17) is 0 Å².